The smallest absolute Gasteiger partial charge is 0.161 e. The standard InChI is InChI=1S/C14H12FNOS/c1-9(17)13-7-6-12(8-14(13)16)18-11-4-2-10(15)3-5-11/h2-8H,16H2,1H3. The molecule has 2 aromatic rings. The molecule has 0 saturated heterocycles. The molecule has 0 fully saturated rings. The van der Waals surface area contributed by atoms with Gasteiger partial charge in [0.1, 0.15) is 5.82 Å². The lowest BCUT2D eigenvalue weighted by molar-refractivity contribution is 0.101. The number of rotatable bonds is 3. The van der Waals surface area contributed by atoms with E-state index in [-0.39, 0.29) is 11.6 Å². The number of ketones is 1. The second-order valence-electron chi connectivity index (χ2n) is 3.86. The van der Waals surface area contributed by atoms with Gasteiger partial charge in [0, 0.05) is 21.0 Å². The van der Waals surface area contributed by atoms with Gasteiger partial charge in [-0.15, -0.1) is 0 Å². The summed E-state index contributed by atoms with van der Waals surface area (Å²) in [5.41, 5.74) is 6.80. The van der Waals surface area contributed by atoms with Gasteiger partial charge in [-0.3, -0.25) is 4.79 Å². The molecule has 0 atom stereocenters. The number of carbonyl (C=O) groups is 1. The van der Waals surface area contributed by atoms with Gasteiger partial charge in [0.25, 0.3) is 0 Å². The summed E-state index contributed by atoms with van der Waals surface area (Å²) in [4.78, 5) is 13.1. The Bertz CT molecular complexity index is 581. The molecule has 2 nitrogen and oxygen atoms in total. The molecule has 4 heteroatoms. The first-order chi connectivity index (χ1) is 8.56. The summed E-state index contributed by atoms with van der Waals surface area (Å²) in [6.45, 7) is 1.48. The van der Waals surface area contributed by atoms with Crippen LogP contribution in [-0.2, 0) is 0 Å². The van der Waals surface area contributed by atoms with Crippen molar-refractivity contribution >= 4 is 23.2 Å². The van der Waals surface area contributed by atoms with E-state index in [1.165, 1.54) is 30.8 Å². The third-order valence-electron chi connectivity index (χ3n) is 2.45. The summed E-state index contributed by atoms with van der Waals surface area (Å²) in [5.74, 6) is -0.309. The van der Waals surface area contributed by atoms with Crippen molar-refractivity contribution in [2.45, 2.75) is 16.7 Å². The second kappa shape index (κ2) is 5.23. The lowest BCUT2D eigenvalue weighted by atomic mass is 10.1. The van der Waals surface area contributed by atoms with Crippen LogP contribution in [0.25, 0.3) is 0 Å². The number of nitrogen functional groups attached to an aromatic ring is 1. The van der Waals surface area contributed by atoms with Crippen LogP contribution in [0.1, 0.15) is 17.3 Å². The molecule has 0 amide bonds. The van der Waals surface area contributed by atoms with E-state index < -0.39 is 0 Å². The number of Topliss-reactive ketones (excluding diaryl/α,β-unsaturated/α-hetero) is 1. The van der Waals surface area contributed by atoms with Crippen LogP contribution in [-0.4, -0.2) is 5.78 Å². The highest BCUT2D eigenvalue weighted by atomic mass is 32.2. The molecule has 92 valence electrons. The SMILES string of the molecule is CC(=O)c1ccc(Sc2ccc(F)cc2)cc1N. The predicted molar refractivity (Wildman–Crippen MR) is 71.4 cm³/mol. The zero-order valence-electron chi connectivity index (χ0n) is 9.81. The van der Waals surface area contributed by atoms with Crippen LogP contribution in [0.3, 0.4) is 0 Å². The van der Waals surface area contributed by atoms with Crippen molar-refractivity contribution in [3.63, 3.8) is 0 Å². The van der Waals surface area contributed by atoms with Crippen LogP contribution in [0, 0.1) is 5.82 Å². The van der Waals surface area contributed by atoms with Crippen LogP contribution in [0.2, 0.25) is 0 Å². The van der Waals surface area contributed by atoms with Crippen molar-refractivity contribution in [1.82, 2.24) is 0 Å². The highest BCUT2D eigenvalue weighted by molar-refractivity contribution is 7.99. The summed E-state index contributed by atoms with van der Waals surface area (Å²) < 4.78 is 12.8. The highest BCUT2D eigenvalue weighted by Gasteiger charge is 2.06. The molecule has 2 rings (SSSR count). The quantitative estimate of drug-likeness (QED) is 0.675. The van der Waals surface area contributed by atoms with Gasteiger partial charge in [0.15, 0.2) is 5.78 Å². The molecule has 0 spiro atoms. The molecule has 0 saturated carbocycles. The highest BCUT2D eigenvalue weighted by Crippen LogP contribution is 2.30. The van der Waals surface area contributed by atoms with Crippen LogP contribution < -0.4 is 5.73 Å². The molecule has 0 aliphatic heterocycles. The van der Waals surface area contributed by atoms with E-state index in [0.29, 0.717) is 11.3 Å². The minimum Gasteiger partial charge on any atom is -0.398 e. The first kappa shape index (κ1) is 12.6. The third-order valence-corrected chi connectivity index (χ3v) is 3.45. The van der Waals surface area contributed by atoms with E-state index in [1.54, 1.807) is 24.3 Å². The first-order valence-electron chi connectivity index (χ1n) is 5.40. The number of halogens is 1. The average molecular weight is 261 g/mol. The van der Waals surface area contributed by atoms with Crippen molar-refractivity contribution < 1.29 is 9.18 Å². The van der Waals surface area contributed by atoms with Gasteiger partial charge in [0.2, 0.25) is 0 Å². The zero-order chi connectivity index (χ0) is 13.1. The second-order valence-corrected chi connectivity index (χ2v) is 5.01. The molecule has 0 radical (unpaired) electrons. The van der Waals surface area contributed by atoms with E-state index in [2.05, 4.69) is 0 Å². The van der Waals surface area contributed by atoms with Crippen molar-refractivity contribution in [3.8, 4) is 0 Å². The molecule has 0 unspecified atom stereocenters. The minimum absolute atomic E-state index is 0.0502. The van der Waals surface area contributed by atoms with Gasteiger partial charge >= 0.3 is 0 Å². The van der Waals surface area contributed by atoms with E-state index in [4.69, 9.17) is 5.73 Å². The average Bonchev–Trinajstić information content (AvgIpc) is 2.32. The molecule has 0 aromatic heterocycles. The van der Waals surface area contributed by atoms with Gasteiger partial charge in [-0.05, 0) is 49.4 Å². The van der Waals surface area contributed by atoms with Crippen molar-refractivity contribution in [2.24, 2.45) is 0 Å². The zero-order valence-corrected chi connectivity index (χ0v) is 10.6. The Kier molecular flexibility index (Phi) is 3.67. The van der Waals surface area contributed by atoms with Gasteiger partial charge in [-0.1, -0.05) is 11.8 Å². The van der Waals surface area contributed by atoms with Crippen LogP contribution in [0.5, 0.6) is 0 Å². The van der Waals surface area contributed by atoms with Gasteiger partial charge in [-0.25, -0.2) is 4.39 Å². The Balaban J connectivity index is 2.22. The summed E-state index contributed by atoms with van der Waals surface area (Å²) in [7, 11) is 0. The fourth-order valence-electron chi connectivity index (χ4n) is 1.56. The fraction of sp³-hybridized carbons (Fsp3) is 0.0714. The van der Waals surface area contributed by atoms with Crippen molar-refractivity contribution in [2.75, 3.05) is 5.73 Å². The Morgan fingerprint density at radius 2 is 1.72 bits per heavy atom. The Hall–Kier alpha value is -1.81. The minimum atomic E-state index is -0.259. The molecule has 0 bridgehead atoms. The number of anilines is 1. The van der Waals surface area contributed by atoms with Gasteiger partial charge < -0.3 is 5.73 Å². The molecular weight excluding hydrogens is 249 g/mol. The molecular formula is C14H12FNOS. The fourth-order valence-corrected chi connectivity index (χ4v) is 2.43. The van der Waals surface area contributed by atoms with E-state index in [0.717, 1.165) is 9.79 Å². The van der Waals surface area contributed by atoms with Crippen LogP contribution in [0.15, 0.2) is 52.3 Å². The largest absolute Gasteiger partial charge is 0.398 e. The van der Waals surface area contributed by atoms with E-state index >= 15 is 0 Å². The monoisotopic (exact) mass is 261 g/mol. The molecule has 2 N–H and O–H groups in total. The lowest BCUT2D eigenvalue weighted by Gasteiger charge is -2.06. The number of hydrogen-bond acceptors (Lipinski definition) is 3. The number of hydrogen-bond donors (Lipinski definition) is 1. The third kappa shape index (κ3) is 2.90. The molecule has 2 aromatic carbocycles. The molecule has 18 heavy (non-hydrogen) atoms. The first-order valence-corrected chi connectivity index (χ1v) is 6.22. The maximum Gasteiger partial charge on any atom is 0.161 e. The Morgan fingerprint density at radius 1 is 1.11 bits per heavy atom. The Morgan fingerprint density at radius 3 is 2.28 bits per heavy atom. The number of nitrogens with two attached hydrogens (primary N) is 1. The maximum absolute atomic E-state index is 12.8. The van der Waals surface area contributed by atoms with Crippen molar-refractivity contribution in [3.05, 3.63) is 53.8 Å². The Labute approximate surface area is 109 Å². The van der Waals surface area contributed by atoms with Crippen LogP contribution >= 0.6 is 11.8 Å². The summed E-state index contributed by atoms with van der Waals surface area (Å²) in [6.07, 6.45) is 0. The van der Waals surface area contributed by atoms with Crippen LogP contribution in [0.4, 0.5) is 10.1 Å². The normalized spacial score (nSPS) is 10.3. The maximum atomic E-state index is 12.8. The number of carbonyl (C=O) groups excluding carboxylic acids is 1. The number of benzene rings is 2. The van der Waals surface area contributed by atoms with E-state index in [9.17, 15) is 9.18 Å². The summed E-state index contributed by atoms with van der Waals surface area (Å²) in [5, 5.41) is 0. The summed E-state index contributed by atoms with van der Waals surface area (Å²) in [6, 6.07) is 11.5. The van der Waals surface area contributed by atoms with E-state index in [1.807, 2.05) is 6.07 Å². The van der Waals surface area contributed by atoms with Crippen molar-refractivity contribution in [1.29, 1.82) is 0 Å². The van der Waals surface area contributed by atoms with Gasteiger partial charge in [0.05, 0.1) is 0 Å². The lowest BCUT2D eigenvalue weighted by Crippen LogP contribution is -1.99. The topological polar surface area (TPSA) is 43.1 Å². The molecule has 0 heterocycles. The molecule has 0 aliphatic rings. The van der Waals surface area contributed by atoms with Gasteiger partial charge in [-0.2, -0.15) is 0 Å². The predicted octanol–water partition coefficient (Wildman–Crippen LogP) is 3.76. The summed E-state index contributed by atoms with van der Waals surface area (Å²) >= 11 is 1.47. The molecule has 0 aliphatic carbocycles.